The summed E-state index contributed by atoms with van der Waals surface area (Å²) < 4.78 is 0. The van der Waals surface area contributed by atoms with Gasteiger partial charge in [0, 0.05) is 0 Å². The van der Waals surface area contributed by atoms with Crippen molar-refractivity contribution >= 4 is 6.08 Å². The fourth-order valence-electron chi connectivity index (χ4n) is 2.50. The minimum absolute atomic E-state index is 0.0117. The summed E-state index contributed by atoms with van der Waals surface area (Å²) in [5.41, 5.74) is 1.13. The summed E-state index contributed by atoms with van der Waals surface area (Å²) in [5, 5.41) is 0. The molecule has 0 radical (unpaired) electrons. The summed E-state index contributed by atoms with van der Waals surface area (Å²) in [4.78, 5) is 16.9. The smallest absolute Gasteiger partial charge is 0.235 e. The molecule has 0 amide bonds. The molecule has 0 bridgehead atoms. The van der Waals surface area contributed by atoms with Crippen LogP contribution < -0.4 is 0 Å². The van der Waals surface area contributed by atoms with Gasteiger partial charge in [-0.05, 0) is 44.5 Å². The Morgan fingerprint density at radius 2 is 1.94 bits per heavy atom. The zero-order chi connectivity index (χ0) is 12.1. The van der Waals surface area contributed by atoms with Gasteiger partial charge in [0.15, 0.2) is 0 Å². The summed E-state index contributed by atoms with van der Waals surface area (Å²) >= 11 is 0. The van der Waals surface area contributed by atoms with Crippen LogP contribution in [-0.4, -0.2) is 31.1 Å². The molecule has 1 saturated heterocycles. The van der Waals surface area contributed by atoms with Crippen LogP contribution in [-0.2, 0) is 4.79 Å². The average Bonchev–Trinajstić information content (AvgIpc) is 2.38. The summed E-state index contributed by atoms with van der Waals surface area (Å²) in [7, 11) is 2.14. The normalized spacial score (nSPS) is 19.6. The number of piperidine rings is 1. The van der Waals surface area contributed by atoms with Crippen LogP contribution in [0.4, 0.5) is 0 Å². The molecular formula is C14H18N2O. The molecule has 1 fully saturated rings. The van der Waals surface area contributed by atoms with Gasteiger partial charge in [-0.15, -0.1) is 0 Å². The molecule has 1 aliphatic rings. The van der Waals surface area contributed by atoms with E-state index >= 15 is 0 Å². The largest absolute Gasteiger partial charge is 0.306 e. The highest BCUT2D eigenvalue weighted by Crippen LogP contribution is 2.33. The number of rotatable bonds is 3. The third kappa shape index (κ3) is 3.02. The van der Waals surface area contributed by atoms with Crippen molar-refractivity contribution in [2.24, 2.45) is 10.9 Å². The standard InChI is InChI=1S/C14H18N2O/c1-16-9-7-13(8-10-16)14(15-11-17)12-5-3-2-4-6-12/h2-6,13-14H,7-10H2,1H3. The molecular weight excluding hydrogens is 212 g/mol. The summed E-state index contributed by atoms with van der Waals surface area (Å²) in [6.45, 7) is 2.17. The number of aliphatic imine (C=N–C) groups is 1. The molecule has 17 heavy (non-hydrogen) atoms. The van der Waals surface area contributed by atoms with E-state index in [-0.39, 0.29) is 6.04 Å². The van der Waals surface area contributed by atoms with Crippen molar-refractivity contribution in [3.8, 4) is 0 Å². The predicted molar refractivity (Wildman–Crippen MR) is 67.5 cm³/mol. The number of isocyanates is 1. The second-order valence-corrected chi connectivity index (χ2v) is 4.72. The molecule has 1 unspecified atom stereocenters. The number of likely N-dealkylation sites (tertiary alicyclic amines) is 1. The Balaban J connectivity index is 2.15. The van der Waals surface area contributed by atoms with E-state index in [0.717, 1.165) is 31.5 Å². The van der Waals surface area contributed by atoms with E-state index < -0.39 is 0 Å². The van der Waals surface area contributed by atoms with E-state index in [9.17, 15) is 4.79 Å². The summed E-state index contributed by atoms with van der Waals surface area (Å²) in [6.07, 6.45) is 3.93. The van der Waals surface area contributed by atoms with E-state index in [1.807, 2.05) is 30.3 Å². The van der Waals surface area contributed by atoms with Gasteiger partial charge < -0.3 is 4.90 Å². The Bertz CT molecular complexity index is 390. The molecule has 0 spiro atoms. The summed E-state index contributed by atoms with van der Waals surface area (Å²) in [6, 6.07) is 10.1. The third-order valence-corrected chi connectivity index (χ3v) is 3.54. The van der Waals surface area contributed by atoms with Gasteiger partial charge in [-0.3, -0.25) is 0 Å². The second kappa shape index (κ2) is 5.76. The van der Waals surface area contributed by atoms with Gasteiger partial charge in [-0.25, -0.2) is 4.79 Å². The fraction of sp³-hybridized carbons (Fsp3) is 0.500. The van der Waals surface area contributed by atoms with Gasteiger partial charge in [0.25, 0.3) is 0 Å². The van der Waals surface area contributed by atoms with Crippen molar-refractivity contribution in [3.63, 3.8) is 0 Å². The van der Waals surface area contributed by atoms with Crippen LogP contribution in [0.25, 0.3) is 0 Å². The first-order valence-electron chi connectivity index (χ1n) is 6.11. The lowest BCUT2D eigenvalue weighted by Gasteiger charge is -2.32. The van der Waals surface area contributed by atoms with Crippen LogP contribution in [0.15, 0.2) is 35.3 Å². The van der Waals surface area contributed by atoms with E-state index in [1.165, 1.54) is 0 Å². The molecule has 0 aromatic heterocycles. The van der Waals surface area contributed by atoms with Gasteiger partial charge >= 0.3 is 0 Å². The lowest BCUT2D eigenvalue weighted by molar-refractivity contribution is 0.200. The fourth-order valence-corrected chi connectivity index (χ4v) is 2.50. The third-order valence-electron chi connectivity index (χ3n) is 3.54. The van der Waals surface area contributed by atoms with Crippen molar-refractivity contribution in [3.05, 3.63) is 35.9 Å². The van der Waals surface area contributed by atoms with E-state index in [2.05, 4.69) is 16.9 Å². The first-order valence-corrected chi connectivity index (χ1v) is 6.11. The topological polar surface area (TPSA) is 32.7 Å². The zero-order valence-electron chi connectivity index (χ0n) is 10.2. The predicted octanol–water partition coefficient (Wildman–Crippen LogP) is 2.41. The number of benzene rings is 1. The van der Waals surface area contributed by atoms with Crippen LogP contribution in [0.1, 0.15) is 24.4 Å². The minimum Gasteiger partial charge on any atom is -0.306 e. The van der Waals surface area contributed by atoms with Crippen molar-refractivity contribution < 1.29 is 4.79 Å². The van der Waals surface area contributed by atoms with E-state index in [0.29, 0.717) is 5.92 Å². The quantitative estimate of drug-likeness (QED) is 0.590. The van der Waals surface area contributed by atoms with Crippen molar-refractivity contribution in [1.29, 1.82) is 0 Å². The number of hydrogen-bond donors (Lipinski definition) is 0. The zero-order valence-corrected chi connectivity index (χ0v) is 10.2. The first-order chi connectivity index (χ1) is 8.31. The molecule has 3 nitrogen and oxygen atoms in total. The van der Waals surface area contributed by atoms with Crippen LogP contribution in [0.3, 0.4) is 0 Å². The Morgan fingerprint density at radius 3 is 2.53 bits per heavy atom. The number of nitrogens with zero attached hydrogens (tertiary/aromatic N) is 2. The average molecular weight is 230 g/mol. The summed E-state index contributed by atoms with van der Waals surface area (Å²) in [5.74, 6) is 0.468. The molecule has 1 aromatic carbocycles. The molecule has 1 atom stereocenters. The lowest BCUT2D eigenvalue weighted by Crippen LogP contribution is -2.32. The number of hydrogen-bond acceptors (Lipinski definition) is 3. The van der Waals surface area contributed by atoms with Gasteiger partial charge in [0.05, 0.1) is 6.04 Å². The highest BCUT2D eigenvalue weighted by atomic mass is 16.1. The van der Waals surface area contributed by atoms with E-state index in [1.54, 1.807) is 6.08 Å². The molecule has 2 rings (SSSR count). The maximum atomic E-state index is 10.6. The van der Waals surface area contributed by atoms with Crippen molar-refractivity contribution in [1.82, 2.24) is 4.90 Å². The molecule has 1 heterocycles. The van der Waals surface area contributed by atoms with Crippen molar-refractivity contribution in [2.45, 2.75) is 18.9 Å². The first kappa shape index (κ1) is 12.0. The maximum Gasteiger partial charge on any atom is 0.235 e. The lowest BCUT2D eigenvalue weighted by atomic mass is 9.86. The Morgan fingerprint density at radius 1 is 1.29 bits per heavy atom. The monoisotopic (exact) mass is 230 g/mol. The molecule has 1 aromatic rings. The van der Waals surface area contributed by atoms with Crippen molar-refractivity contribution in [2.75, 3.05) is 20.1 Å². The number of carbonyl (C=O) groups excluding carboxylic acids is 1. The highest BCUT2D eigenvalue weighted by Gasteiger charge is 2.26. The molecule has 0 N–H and O–H groups in total. The minimum atomic E-state index is -0.0117. The van der Waals surface area contributed by atoms with Gasteiger partial charge in [-0.2, -0.15) is 4.99 Å². The second-order valence-electron chi connectivity index (χ2n) is 4.72. The van der Waals surface area contributed by atoms with Gasteiger partial charge in [0.2, 0.25) is 6.08 Å². The highest BCUT2D eigenvalue weighted by molar-refractivity contribution is 5.35. The maximum absolute atomic E-state index is 10.6. The van der Waals surface area contributed by atoms with Crippen LogP contribution in [0.2, 0.25) is 0 Å². The van der Waals surface area contributed by atoms with Gasteiger partial charge in [0.1, 0.15) is 0 Å². The Hall–Kier alpha value is -1.44. The molecule has 0 aliphatic carbocycles. The molecule has 90 valence electrons. The SMILES string of the molecule is CN1CCC(C(N=C=O)c2ccccc2)CC1. The molecule has 0 saturated carbocycles. The Labute approximate surface area is 102 Å². The van der Waals surface area contributed by atoms with Gasteiger partial charge in [-0.1, -0.05) is 30.3 Å². The van der Waals surface area contributed by atoms with Crippen LogP contribution in [0.5, 0.6) is 0 Å². The molecule has 3 heteroatoms. The van der Waals surface area contributed by atoms with Crippen LogP contribution >= 0.6 is 0 Å². The van der Waals surface area contributed by atoms with E-state index in [4.69, 9.17) is 0 Å². The molecule has 1 aliphatic heterocycles. The van der Waals surface area contributed by atoms with Crippen LogP contribution in [0, 0.1) is 5.92 Å². The Kier molecular flexibility index (Phi) is 4.08.